The fraction of sp³-hybridized carbons (Fsp3) is 0.308. The Morgan fingerprint density at radius 3 is 3.24 bits per heavy atom. The van der Waals surface area contributed by atoms with E-state index < -0.39 is 5.97 Å². The summed E-state index contributed by atoms with van der Waals surface area (Å²) in [4.78, 5) is 11.7. The minimum absolute atomic E-state index is 0.540. The molecule has 0 atom stereocenters. The molecule has 0 aromatic heterocycles. The van der Waals surface area contributed by atoms with E-state index in [-0.39, 0.29) is 0 Å². The van der Waals surface area contributed by atoms with Crippen molar-refractivity contribution in [1.82, 2.24) is 0 Å². The first-order valence-corrected chi connectivity index (χ1v) is 6.63. The van der Waals surface area contributed by atoms with Gasteiger partial charge in [-0.1, -0.05) is 6.08 Å². The van der Waals surface area contributed by atoms with Gasteiger partial charge in [-0.2, -0.15) is 0 Å². The fourth-order valence-electron chi connectivity index (χ4n) is 1.81. The van der Waals surface area contributed by atoms with Crippen molar-refractivity contribution in [3.05, 3.63) is 35.9 Å². The Bertz CT molecular complexity index is 443. The molecule has 2 rings (SSSR count). The molecule has 0 saturated heterocycles. The van der Waals surface area contributed by atoms with Gasteiger partial charge in [0.25, 0.3) is 0 Å². The summed E-state index contributed by atoms with van der Waals surface area (Å²) >= 11 is 1.91. The van der Waals surface area contributed by atoms with Crippen molar-refractivity contribution in [2.24, 2.45) is 0 Å². The Labute approximate surface area is 105 Å². The van der Waals surface area contributed by atoms with E-state index in [1.807, 2.05) is 17.8 Å². The van der Waals surface area contributed by atoms with Gasteiger partial charge in [0.2, 0.25) is 0 Å². The predicted molar refractivity (Wildman–Crippen MR) is 70.8 cm³/mol. The largest absolute Gasteiger partial charge is 0.478 e. The number of aliphatic carboxylic acids is 1. The van der Waals surface area contributed by atoms with Crippen LogP contribution >= 0.6 is 11.8 Å². The topological polar surface area (TPSA) is 49.3 Å². The molecule has 0 saturated carbocycles. The number of nitrogens with one attached hydrogen (secondary N) is 1. The molecule has 0 spiro atoms. The van der Waals surface area contributed by atoms with Crippen molar-refractivity contribution in [2.75, 3.05) is 17.6 Å². The number of rotatable bonds is 4. The van der Waals surface area contributed by atoms with Crippen LogP contribution in [0.15, 0.2) is 35.2 Å². The number of anilines is 1. The van der Waals surface area contributed by atoms with Gasteiger partial charge in [-0.25, -0.2) is 4.79 Å². The van der Waals surface area contributed by atoms with Crippen molar-refractivity contribution in [2.45, 2.75) is 17.7 Å². The summed E-state index contributed by atoms with van der Waals surface area (Å²) < 4.78 is 0. The van der Waals surface area contributed by atoms with E-state index in [9.17, 15) is 4.79 Å². The molecule has 17 heavy (non-hydrogen) atoms. The number of benzene rings is 1. The number of carboxylic acid groups (broad SMARTS) is 1. The number of carbonyl (C=O) groups is 1. The van der Waals surface area contributed by atoms with Gasteiger partial charge < -0.3 is 10.4 Å². The first-order valence-electron chi connectivity index (χ1n) is 5.65. The van der Waals surface area contributed by atoms with Crippen LogP contribution in [0.3, 0.4) is 0 Å². The molecular weight excluding hydrogens is 234 g/mol. The zero-order chi connectivity index (χ0) is 12.1. The summed E-state index contributed by atoms with van der Waals surface area (Å²) in [5.74, 6) is 0.301. The summed E-state index contributed by atoms with van der Waals surface area (Å²) in [6, 6.07) is 6.35. The third kappa shape index (κ3) is 3.53. The summed E-state index contributed by atoms with van der Waals surface area (Å²) in [5.41, 5.74) is 2.45. The van der Waals surface area contributed by atoms with E-state index in [0.29, 0.717) is 6.54 Å². The predicted octanol–water partition coefficient (Wildman–Crippen LogP) is 2.78. The van der Waals surface area contributed by atoms with Crippen LogP contribution in [0.5, 0.6) is 0 Å². The zero-order valence-electron chi connectivity index (χ0n) is 9.48. The van der Waals surface area contributed by atoms with E-state index in [2.05, 4.69) is 17.4 Å². The summed E-state index contributed by atoms with van der Waals surface area (Å²) in [6.45, 7) is 0.540. The molecule has 90 valence electrons. The molecule has 1 heterocycles. The molecule has 0 aliphatic carbocycles. The van der Waals surface area contributed by atoms with Crippen molar-refractivity contribution in [3.8, 4) is 0 Å². The van der Waals surface area contributed by atoms with Gasteiger partial charge in [0.05, 0.1) is 0 Å². The smallest absolute Gasteiger partial charge is 0.328 e. The second-order valence-corrected chi connectivity index (χ2v) is 5.03. The van der Waals surface area contributed by atoms with Gasteiger partial charge in [0, 0.05) is 23.2 Å². The van der Waals surface area contributed by atoms with Crippen molar-refractivity contribution < 1.29 is 9.90 Å². The third-order valence-electron chi connectivity index (χ3n) is 2.59. The Balaban J connectivity index is 1.95. The molecular formula is C13H15NO2S. The van der Waals surface area contributed by atoms with Crippen LogP contribution < -0.4 is 5.32 Å². The van der Waals surface area contributed by atoms with E-state index in [1.54, 1.807) is 6.08 Å². The normalized spacial score (nSPS) is 14.6. The second kappa shape index (κ2) is 5.77. The SMILES string of the molecule is O=C(O)/C=C/CNc1ccc2c(c1)CCCS2. The van der Waals surface area contributed by atoms with Crippen molar-refractivity contribution >= 4 is 23.4 Å². The third-order valence-corrected chi connectivity index (χ3v) is 3.80. The summed E-state index contributed by atoms with van der Waals surface area (Å²) in [6.07, 6.45) is 5.14. The number of thioether (sulfide) groups is 1. The van der Waals surface area contributed by atoms with Gasteiger partial charge >= 0.3 is 5.97 Å². The number of hydrogen-bond acceptors (Lipinski definition) is 3. The second-order valence-electron chi connectivity index (χ2n) is 3.90. The van der Waals surface area contributed by atoms with Crippen LogP contribution in [0.4, 0.5) is 5.69 Å². The van der Waals surface area contributed by atoms with Gasteiger partial charge in [0.1, 0.15) is 0 Å². The maximum atomic E-state index is 10.3. The molecule has 1 aromatic carbocycles. The van der Waals surface area contributed by atoms with Gasteiger partial charge in [-0.3, -0.25) is 0 Å². The molecule has 1 aliphatic rings. The summed E-state index contributed by atoms with van der Waals surface area (Å²) in [5, 5.41) is 11.6. The van der Waals surface area contributed by atoms with E-state index in [4.69, 9.17) is 5.11 Å². The highest BCUT2D eigenvalue weighted by molar-refractivity contribution is 7.99. The lowest BCUT2D eigenvalue weighted by Crippen LogP contribution is -2.03. The zero-order valence-corrected chi connectivity index (χ0v) is 10.3. The van der Waals surface area contributed by atoms with Crippen LogP contribution in [0, 0.1) is 0 Å². The number of carboxylic acids is 1. The van der Waals surface area contributed by atoms with Crippen LogP contribution in [0.2, 0.25) is 0 Å². The van der Waals surface area contributed by atoms with Crippen molar-refractivity contribution in [1.29, 1.82) is 0 Å². The van der Waals surface area contributed by atoms with Crippen molar-refractivity contribution in [3.63, 3.8) is 0 Å². The number of fused-ring (bicyclic) bond motifs is 1. The maximum absolute atomic E-state index is 10.3. The monoisotopic (exact) mass is 249 g/mol. The van der Waals surface area contributed by atoms with Crippen LogP contribution in [0.1, 0.15) is 12.0 Å². The quantitative estimate of drug-likeness (QED) is 0.806. The molecule has 1 aromatic rings. The van der Waals surface area contributed by atoms with E-state index in [1.165, 1.54) is 22.6 Å². The lowest BCUT2D eigenvalue weighted by molar-refractivity contribution is -0.131. The summed E-state index contributed by atoms with van der Waals surface area (Å²) in [7, 11) is 0. The van der Waals surface area contributed by atoms with Gasteiger partial charge in [-0.05, 0) is 42.4 Å². The highest BCUT2D eigenvalue weighted by atomic mass is 32.2. The van der Waals surface area contributed by atoms with Gasteiger partial charge in [-0.15, -0.1) is 11.8 Å². The molecule has 0 bridgehead atoms. The molecule has 1 aliphatic heterocycles. The average Bonchev–Trinajstić information content (AvgIpc) is 2.34. The molecule has 0 radical (unpaired) electrons. The number of aryl methyl sites for hydroxylation is 1. The molecule has 0 fully saturated rings. The maximum Gasteiger partial charge on any atom is 0.328 e. The molecule has 0 amide bonds. The lowest BCUT2D eigenvalue weighted by atomic mass is 10.1. The Hall–Kier alpha value is -1.42. The van der Waals surface area contributed by atoms with Gasteiger partial charge in [0.15, 0.2) is 0 Å². The first-order chi connectivity index (χ1) is 8.25. The highest BCUT2D eigenvalue weighted by Gasteiger charge is 2.09. The fourth-order valence-corrected chi connectivity index (χ4v) is 2.83. The average molecular weight is 249 g/mol. The van der Waals surface area contributed by atoms with Crippen LogP contribution in [-0.2, 0) is 11.2 Å². The molecule has 2 N–H and O–H groups in total. The molecule has 3 nitrogen and oxygen atoms in total. The Morgan fingerprint density at radius 1 is 1.53 bits per heavy atom. The minimum atomic E-state index is -0.909. The number of hydrogen-bond donors (Lipinski definition) is 2. The van der Waals surface area contributed by atoms with Crippen LogP contribution in [0.25, 0.3) is 0 Å². The molecule has 0 unspecified atom stereocenters. The van der Waals surface area contributed by atoms with E-state index >= 15 is 0 Å². The Kier molecular flexibility index (Phi) is 4.09. The highest BCUT2D eigenvalue weighted by Crippen LogP contribution is 2.31. The first kappa shape index (κ1) is 12.0. The minimum Gasteiger partial charge on any atom is -0.478 e. The standard InChI is InChI=1S/C13H15NO2S/c15-13(16)4-1-7-14-11-5-6-12-10(9-11)3-2-8-17-12/h1,4-6,9,14H,2-3,7-8H2,(H,15,16)/b4-1+. The molecule has 4 heteroatoms. The lowest BCUT2D eigenvalue weighted by Gasteiger charge is -2.16. The van der Waals surface area contributed by atoms with E-state index in [0.717, 1.165) is 18.2 Å². The Morgan fingerprint density at radius 2 is 2.41 bits per heavy atom. The van der Waals surface area contributed by atoms with Crippen LogP contribution in [-0.4, -0.2) is 23.4 Å².